The van der Waals surface area contributed by atoms with Crippen LogP contribution in [-0.2, 0) is 9.59 Å². The lowest BCUT2D eigenvalue weighted by Crippen LogP contribution is -2.48. The summed E-state index contributed by atoms with van der Waals surface area (Å²) in [6.45, 7) is 3.04. The third-order valence-electron chi connectivity index (χ3n) is 3.48. The molecule has 3 N–H and O–H groups in total. The Morgan fingerprint density at radius 2 is 2.18 bits per heavy atom. The number of likely N-dealkylation sites (tertiary alicyclic amines) is 1. The highest BCUT2D eigenvalue weighted by Crippen LogP contribution is 2.20. The highest BCUT2D eigenvalue weighted by molar-refractivity contribution is 5.84. The van der Waals surface area contributed by atoms with Crippen LogP contribution in [0.15, 0.2) is 0 Å². The van der Waals surface area contributed by atoms with Crippen LogP contribution in [0.5, 0.6) is 0 Å². The Kier molecular flexibility index (Phi) is 5.41. The SMILES string of the molecule is CCC(CN)CC(=O)N1CCCC[C@H]1C(=O)O. The van der Waals surface area contributed by atoms with Crippen LogP contribution in [0.3, 0.4) is 0 Å². The van der Waals surface area contributed by atoms with Crippen LogP contribution in [-0.4, -0.2) is 41.0 Å². The Balaban J connectivity index is 2.61. The molecular formula is C12H22N2O3. The Morgan fingerprint density at radius 1 is 1.47 bits per heavy atom. The molecule has 5 heteroatoms. The van der Waals surface area contributed by atoms with Crippen molar-refractivity contribution in [2.24, 2.45) is 11.7 Å². The van der Waals surface area contributed by atoms with Crippen LogP contribution in [0.2, 0.25) is 0 Å². The van der Waals surface area contributed by atoms with Gasteiger partial charge in [0.05, 0.1) is 0 Å². The highest BCUT2D eigenvalue weighted by Gasteiger charge is 2.32. The molecule has 1 saturated heterocycles. The van der Waals surface area contributed by atoms with Crippen LogP contribution in [0.25, 0.3) is 0 Å². The van der Waals surface area contributed by atoms with Gasteiger partial charge in [0.25, 0.3) is 0 Å². The molecule has 0 aliphatic carbocycles. The lowest BCUT2D eigenvalue weighted by atomic mass is 9.98. The highest BCUT2D eigenvalue weighted by atomic mass is 16.4. The maximum Gasteiger partial charge on any atom is 0.326 e. The van der Waals surface area contributed by atoms with Crippen molar-refractivity contribution in [1.82, 2.24) is 4.90 Å². The van der Waals surface area contributed by atoms with Crippen LogP contribution in [0, 0.1) is 5.92 Å². The van der Waals surface area contributed by atoms with Crippen LogP contribution < -0.4 is 5.73 Å². The summed E-state index contributed by atoms with van der Waals surface area (Å²) >= 11 is 0. The van der Waals surface area contributed by atoms with Crippen molar-refractivity contribution in [3.05, 3.63) is 0 Å². The number of amides is 1. The molecule has 0 aromatic rings. The van der Waals surface area contributed by atoms with Gasteiger partial charge in [-0.25, -0.2) is 4.79 Å². The Bertz CT molecular complexity index is 277. The first-order valence-electron chi connectivity index (χ1n) is 6.32. The number of rotatable bonds is 5. The van der Waals surface area contributed by atoms with Crippen molar-refractivity contribution in [1.29, 1.82) is 0 Å². The zero-order valence-electron chi connectivity index (χ0n) is 10.4. The van der Waals surface area contributed by atoms with Gasteiger partial charge < -0.3 is 15.7 Å². The van der Waals surface area contributed by atoms with Crippen molar-refractivity contribution in [3.63, 3.8) is 0 Å². The predicted octanol–water partition coefficient (Wildman–Crippen LogP) is 0.827. The fourth-order valence-electron chi connectivity index (χ4n) is 2.25. The molecule has 17 heavy (non-hydrogen) atoms. The topological polar surface area (TPSA) is 83.6 Å². The van der Waals surface area contributed by atoms with Gasteiger partial charge >= 0.3 is 5.97 Å². The second kappa shape index (κ2) is 6.59. The average Bonchev–Trinajstić information content (AvgIpc) is 2.35. The number of hydrogen-bond acceptors (Lipinski definition) is 3. The van der Waals surface area contributed by atoms with Gasteiger partial charge in [-0.15, -0.1) is 0 Å². The molecule has 1 unspecified atom stereocenters. The van der Waals surface area contributed by atoms with E-state index in [4.69, 9.17) is 10.8 Å². The number of carboxylic acids is 1. The second-order valence-corrected chi connectivity index (χ2v) is 4.65. The molecule has 1 aliphatic rings. The van der Waals surface area contributed by atoms with E-state index in [1.807, 2.05) is 6.92 Å². The fraction of sp³-hybridized carbons (Fsp3) is 0.833. The van der Waals surface area contributed by atoms with E-state index in [2.05, 4.69) is 0 Å². The minimum absolute atomic E-state index is 0.0607. The van der Waals surface area contributed by atoms with Gasteiger partial charge in [0.15, 0.2) is 0 Å². The zero-order chi connectivity index (χ0) is 12.8. The summed E-state index contributed by atoms with van der Waals surface area (Å²) in [4.78, 5) is 24.6. The summed E-state index contributed by atoms with van der Waals surface area (Å²) in [5, 5.41) is 9.09. The third-order valence-corrected chi connectivity index (χ3v) is 3.48. The van der Waals surface area contributed by atoms with Gasteiger partial charge in [0.1, 0.15) is 6.04 Å². The smallest absolute Gasteiger partial charge is 0.326 e. The molecule has 98 valence electrons. The van der Waals surface area contributed by atoms with Gasteiger partial charge in [-0.3, -0.25) is 4.79 Å². The van der Waals surface area contributed by atoms with Gasteiger partial charge in [0.2, 0.25) is 5.91 Å². The molecule has 1 rings (SSSR count). The summed E-state index contributed by atoms with van der Waals surface area (Å²) in [6.07, 6.45) is 3.58. The molecule has 1 amide bonds. The maximum absolute atomic E-state index is 12.0. The summed E-state index contributed by atoms with van der Waals surface area (Å²) in [7, 11) is 0. The van der Waals surface area contributed by atoms with E-state index in [1.54, 1.807) is 0 Å². The summed E-state index contributed by atoms with van der Waals surface area (Å²) < 4.78 is 0. The van der Waals surface area contributed by atoms with E-state index in [0.29, 0.717) is 25.9 Å². The Morgan fingerprint density at radius 3 is 2.71 bits per heavy atom. The number of carbonyl (C=O) groups excluding carboxylic acids is 1. The number of nitrogens with two attached hydrogens (primary N) is 1. The van der Waals surface area contributed by atoms with Gasteiger partial charge in [-0.05, 0) is 31.7 Å². The largest absolute Gasteiger partial charge is 0.480 e. The first-order chi connectivity index (χ1) is 8.10. The standard InChI is InChI=1S/C12H22N2O3/c1-2-9(8-13)7-11(15)14-6-4-3-5-10(14)12(16)17/h9-10H,2-8,13H2,1H3,(H,16,17)/t9?,10-/m0/s1. The lowest BCUT2D eigenvalue weighted by molar-refractivity contribution is -0.152. The quantitative estimate of drug-likeness (QED) is 0.748. The Labute approximate surface area is 102 Å². The van der Waals surface area contributed by atoms with E-state index < -0.39 is 12.0 Å². The first kappa shape index (κ1) is 14.0. The van der Waals surface area contributed by atoms with E-state index in [9.17, 15) is 9.59 Å². The van der Waals surface area contributed by atoms with Crippen molar-refractivity contribution in [3.8, 4) is 0 Å². The normalized spacial score (nSPS) is 22.2. The van der Waals surface area contributed by atoms with E-state index in [1.165, 1.54) is 4.90 Å². The van der Waals surface area contributed by atoms with Crippen molar-refractivity contribution < 1.29 is 14.7 Å². The number of carbonyl (C=O) groups is 2. The van der Waals surface area contributed by atoms with Gasteiger partial charge in [-0.1, -0.05) is 13.3 Å². The Hall–Kier alpha value is -1.10. The number of piperidine rings is 1. The predicted molar refractivity (Wildman–Crippen MR) is 64.4 cm³/mol. The monoisotopic (exact) mass is 242 g/mol. The molecule has 0 spiro atoms. The van der Waals surface area contributed by atoms with Gasteiger partial charge in [-0.2, -0.15) is 0 Å². The maximum atomic E-state index is 12.0. The molecule has 0 radical (unpaired) electrons. The average molecular weight is 242 g/mol. The van der Waals surface area contributed by atoms with Crippen LogP contribution in [0.4, 0.5) is 0 Å². The molecule has 0 aromatic carbocycles. The number of nitrogens with zero attached hydrogens (tertiary/aromatic N) is 1. The minimum Gasteiger partial charge on any atom is -0.480 e. The molecule has 0 saturated carbocycles. The lowest BCUT2D eigenvalue weighted by Gasteiger charge is -2.33. The van der Waals surface area contributed by atoms with Crippen molar-refractivity contribution in [2.45, 2.75) is 45.1 Å². The van der Waals surface area contributed by atoms with E-state index in [-0.39, 0.29) is 11.8 Å². The third kappa shape index (κ3) is 3.70. The molecule has 0 aromatic heterocycles. The summed E-state index contributed by atoms with van der Waals surface area (Å²) in [5.41, 5.74) is 5.57. The molecule has 1 aliphatic heterocycles. The van der Waals surface area contributed by atoms with Crippen LogP contribution in [0.1, 0.15) is 39.0 Å². The molecule has 1 fully saturated rings. The molecule has 2 atom stereocenters. The summed E-state index contributed by atoms with van der Waals surface area (Å²) in [5.74, 6) is -0.785. The fourth-order valence-corrected chi connectivity index (χ4v) is 2.25. The second-order valence-electron chi connectivity index (χ2n) is 4.65. The molecule has 5 nitrogen and oxygen atoms in total. The van der Waals surface area contributed by atoms with Crippen molar-refractivity contribution in [2.75, 3.05) is 13.1 Å². The minimum atomic E-state index is -0.890. The van der Waals surface area contributed by atoms with Crippen LogP contribution >= 0.6 is 0 Å². The molecule has 0 bridgehead atoms. The van der Waals surface area contributed by atoms with Gasteiger partial charge in [0, 0.05) is 13.0 Å². The van der Waals surface area contributed by atoms with E-state index in [0.717, 1.165) is 19.3 Å². The molecular weight excluding hydrogens is 220 g/mol. The first-order valence-corrected chi connectivity index (χ1v) is 6.32. The van der Waals surface area contributed by atoms with E-state index >= 15 is 0 Å². The summed E-state index contributed by atoms with van der Waals surface area (Å²) in [6, 6.07) is -0.633. The zero-order valence-corrected chi connectivity index (χ0v) is 10.4. The number of carboxylic acid groups (broad SMARTS) is 1. The molecule has 1 heterocycles. The number of hydrogen-bond donors (Lipinski definition) is 2. The van der Waals surface area contributed by atoms with Crippen molar-refractivity contribution >= 4 is 11.9 Å². The number of aliphatic carboxylic acids is 1.